The van der Waals surface area contributed by atoms with E-state index in [4.69, 9.17) is 11.6 Å². The molecule has 0 heterocycles. The second-order valence-corrected chi connectivity index (χ2v) is 3.12. The molecule has 0 aliphatic rings. The summed E-state index contributed by atoms with van der Waals surface area (Å²) in [7, 11) is 0. The molecule has 0 amide bonds. The van der Waals surface area contributed by atoms with Crippen molar-refractivity contribution in [3.05, 3.63) is 0 Å². The lowest BCUT2D eigenvalue weighted by Gasteiger charge is -2.02. The zero-order valence-electron chi connectivity index (χ0n) is 5.16. The van der Waals surface area contributed by atoms with Crippen LogP contribution in [0.4, 0.5) is 0 Å². The number of rotatable bonds is 4. The average Bonchev–Trinajstić information content (AvgIpc) is 1.83. The topological polar surface area (TPSA) is 0 Å². The van der Waals surface area contributed by atoms with Crippen LogP contribution in [0.2, 0.25) is 0 Å². The molecule has 0 aliphatic carbocycles. The molecule has 0 spiro atoms. The van der Waals surface area contributed by atoms with Gasteiger partial charge in [0.25, 0.3) is 0 Å². The van der Waals surface area contributed by atoms with Gasteiger partial charge in [-0.1, -0.05) is 22.9 Å². The first-order chi connectivity index (χ1) is 3.81. The molecule has 0 saturated carbocycles. The van der Waals surface area contributed by atoms with E-state index < -0.39 is 0 Å². The van der Waals surface area contributed by atoms with Crippen LogP contribution < -0.4 is 0 Å². The van der Waals surface area contributed by atoms with Crippen molar-refractivity contribution >= 4 is 27.5 Å². The Morgan fingerprint density at radius 1 is 1.62 bits per heavy atom. The smallest absolute Gasteiger partial charge is 0.0223 e. The van der Waals surface area contributed by atoms with Crippen molar-refractivity contribution in [3.63, 3.8) is 0 Å². The summed E-state index contributed by atoms with van der Waals surface area (Å²) < 4.78 is 0. The van der Waals surface area contributed by atoms with Gasteiger partial charge in [-0.2, -0.15) is 0 Å². The van der Waals surface area contributed by atoms with E-state index in [0.29, 0.717) is 0 Å². The third-order valence-electron chi connectivity index (χ3n) is 1.09. The second-order valence-electron chi connectivity index (χ2n) is 2.09. The van der Waals surface area contributed by atoms with E-state index >= 15 is 0 Å². The summed E-state index contributed by atoms with van der Waals surface area (Å²) in [4.78, 5) is 0. The molecule has 0 N–H and O–H groups in total. The summed E-state index contributed by atoms with van der Waals surface area (Å²) in [6.07, 6.45) is 2.39. The molecule has 0 fully saturated rings. The van der Waals surface area contributed by atoms with Gasteiger partial charge < -0.3 is 0 Å². The SMILES string of the molecule is CC(CBr)CCCCl. The first-order valence-corrected chi connectivity index (χ1v) is 4.58. The standard InChI is InChI=1S/C6H12BrCl/c1-6(5-7)3-2-4-8/h6H,2-5H2,1H3. The number of hydrogen-bond acceptors (Lipinski definition) is 0. The van der Waals surface area contributed by atoms with Gasteiger partial charge in [-0.05, 0) is 18.8 Å². The van der Waals surface area contributed by atoms with Crippen molar-refractivity contribution in [2.75, 3.05) is 11.2 Å². The van der Waals surface area contributed by atoms with Gasteiger partial charge in [0.05, 0.1) is 0 Å². The lowest BCUT2D eigenvalue weighted by Crippen LogP contribution is -1.94. The van der Waals surface area contributed by atoms with Crippen LogP contribution in [0, 0.1) is 5.92 Å². The third-order valence-corrected chi connectivity index (χ3v) is 2.47. The zero-order valence-corrected chi connectivity index (χ0v) is 7.50. The van der Waals surface area contributed by atoms with E-state index in [9.17, 15) is 0 Å². The van der Waals surface area contributed by atoms with Gasteiger partial charge in [-0.25, -0.2) is 0 Å². The number of halogens is 2. The van der Waals surface area contributed by atoms with Crippen LogP contribution in [-0.4, -0.2) is 11.2 Å². The third kappa shape index (κ3) is 4.92. The zero-order chi connectivity index (χ0) is 6.41. The molecule has 0 saturated heterocycles. The molecule has 0 nitrogen and oxygen atoms in total. The van der Waals surface area contributed by atoms with E-state index in [2.05, 4.69) is 22.9 Å². The predicted molar refractivity (Wildman–Crippen MR) is 42.9 cm³/mol. The van der Waals surface area contributed by atoms with Crippen LogP contribution in [0.1, 0.15) is 19.8 Å². The summed E-state index contributed by atoms with van der Waals surface area (Å²) in [6, 6.07) is 0. The van der Waals surface area contributed by atoms with Crippen molar-refractivity contribution in [1.82, 2.24) is 0 Å². The second kappa shape index (κ2) is 5.90. The molecular weight excluding hydrogens is 187 g/mol. The molecule has 0 aliphatic heterocycles. The Bertz CT molecular complexity index is 47.8. The molecule has 0 aromatic rings. The van der Waals surface area contributed by atoms with Crippen LogP contribution in [0.3, 0.4) is 0 Å². The van der Waals surface area contributed by atoms with Crippen molar-refractivity contribution in [3.8, 4) is 0 Å². The Hall–Kier alpha value is 0.770. The molecular formula is C6H12BrCl. The molecule has 0 radical (unpaired) electrons. The average molecular weight is 200 g/mol. The van der Waals surface area contributed by atoms with E-state index in [-0.39, 0.29) is 0 Å². The minimum atomic E-state index is 0.786. The predicted octanol–water partition coefficient (Wildman–Crippen LogP) is 3.04. The van der Waals surface area contributed by atoms with Crippen LogP contribution in [-0.2, 0) is 0 Å². The normalized spacial score (nSPS) is 13.9. The van der Waals surface area contributed by atoms with Gasteiger partial charge in [0.15, 0.2) is 0 Å². The molecule has 1 unspecified atom stereocenters. The monoisotopic (exact) mass is 198 g/mol. The fraction of sp³-hybridized carbons (Fsp3) is 1.00. The van der Waals surface area contributed by atoms with Gasteiger partial charge in [0, 0.05) is 11.2 Å². The Balaban J connectivity index is 2.86. The summed E-state index contributed by atoms with van der Waals surface area (Å²) >= 11 is 8.89. The van der Waals surface area contributed by atoms with Crippen LogP contribution in [0.15, 0.2) is 0 Å². The molecule has 8 heavy (non-hydrogen) atoms. The van der Waals surface area contributed by atoms with Crippen LogP contribution in [0.25, 0.3) is 0 Å². The largest absolute Gasteiger partial charge is 0.127 e. The lowest BCUT2D eigenvalue weighted by atomic mass is 10.1. The highest BCUT2D eigenvalue weighted by atomic mass is 79.9. The Morgan fingerprint density at radius 2 is 2.25 bits per heavy atom. The maximum Gasteiger partial charge on any atom is 0.0223 e. The van der Waals surface area contributed by atoms with Gasteiger partial charge in [0.2, 0.25) is 0 Å². The highest BCUT2D eigenvalue weighted by molar-refractivity contribution is 9.09. The summed E-state index contributed by atoms with van der Waals surface area (Å²) in [6.45, 7) is 2.22. The van der Waals surface area contributed by atoms with Crippen LogP contribution >= 0.6 is 27.5 Å². The highest BCUT2D eigenvalue weighted by Gasteiger charge is 1.96. The summed E-state index contributed by atoms with van der Waals surface area (Å²) in [5, 5.41) is 1.10. The fourth-order valence-corrected chi connectivity index (χ4v) is 0.981. The number of hydrogen-bond donors (Lipinski definition) is 0. The highest BCUT2D eigenvalue weighted by Crippen LogP contribution is 2.08. The van der Waals surface area contributed by atoms with Crippen molar-refractivity contribution in [2.24, 2.45) is 5.92 Å². The first kappa shape index (κ1) is 8.77. The maximum atomic E-state index is 5.49. The van der Waals surface area contributed by atoms with Crippen molar-refractivity contribution in [2.45, 2.75) is 19.8 Å². The molecule has 2 heteroatoms. The van der Waals surface area contributed by atoms with Gasteiger partial charge in [-0.3, -0.25) is 0 Å². The quantitative estimate of drug-likeness (QED) is 0.611. The number of alkyl halides is 2. The van der Waals surface area contributed by atoms with E-state index in [1.807, 2.05) is 0 Å². The van der Waals surface area contributed by atoms with Crippen molar-refractivity contribution < 1.29 is 0 Å². The molecule has 1 atom stereocenters. The Morgan fingerprint density at radius 3 is 2.62 bits per heavy atom. The van der Waals surface area contributed by atoms with E-state index in [0.717, 1.165) is 23.5 Å². The minimum Gasteiger partial charge on any atom is -0.127 e. The first-order valence-electron chi connectivity index (χ1n) is 2.93. The fourth-order valence-electron chi connectivity index (χ4n) is 0.503. The van der Waals surface area contributed by atoms with Gasteiger partial charge >= 0.3 is 0 Å². The summed E-state index contributed by atoms with van der Waals surface area (Å²) in [5.74, 6) is 1.59. The molecule has 0 rings (SSSR count). The van der Waals surface area contributed by atoms with Gasteiger partial charge in [0.1, 0.15) is 0 Å². The van der Waals surface area contributed by atoms with E-state index in [1.54, 1.807) is 0 Å². The lowest BCUT2D eigenvalue weighted by molar-refractivity contribution is 0.591. The van der Waals surface area contributed by atoms with Crippen LogP contribution in [0.5, 0.6) is 0 Å². The molecule has 50 valence electrons. The Labute approximate surface area is 64.7 Å². The van der Waals surface area contributed by atoms with Crippen molar-refractivity contribution in [1.29, 1.82) is 0 Å². The summed E-state index contributed by atoms with van der Waals surface area (Å²) in [5.41, 5.74) is 0. The molecule has 0 aromatic carbocycles. The Kier molecular flexibility index (Phi) is 6.47. The minimum absolute atomic E-state index is 0.786. The maximum absolute atomic E-state index is 5.49. The van der Waals surface area contributed by atoms with E-state index in [1.165, 1.54) is 6.42 Å². The van der Waals surface area contributed by atoms with Gasteiger partial charge in [-0.15, -0.1) is 11.6 Å². The molecule has 0 aromatic heterocycles. The molecule has 0 bridgehead atoms.